The molecule has 2 aromatic rings. The summed E-state index contributed by atoms with van der Waals surface area (Å²) in [5.41, 5.74) is 2.71. The van der Waals surface area contributed by atoms with Crippen LogP contribution in [0, 0.1) is 5.92 Å². The minimum Gasteiger partial charge on any atom is -0.508 e. The summed E-state index contributed by atoms with van der Waals surface area (Å²) in [5.74, 6) is 0.751. The minimum absolute atomic E-state index is 0.0599. The highest BCUT2D eigenvalue weighted by Gasteiger charge is 2.45. The second-order valence-corrected chi connectivity index (χ2v) is 8.00. The van der Waals surface area contributed by atoms with Crippen molar-refractivity contribution in [2.75, 3.05) is 13.6 Å². The van der Waals surface area contributed by atoms with Gasteiger partial charge < -0.3 is 10.0 Å². The maximum Gasteiger partial charge on any atom is 0.115 e. The van der Waals surface area contributed by atoms with Gasteiger partial charge in [-0.05, 0) is 56.0 Å². The molecule has 2 heteroatoms. The molecule has 3 rings (SSSR count). The van der Waals surface area contributed by atoms with Crippen molar-refractivity contribution in [2.24, 2.45) is 5.92 Å². The molecule has 0 saturated heterocycles. The van der Waals surface area contributed by atoms with E-state index in [2.05, 4.69) is 67.9 Å². The maximum absolute atomic E-state index is 10.1. The molecule has 0 aromatic heterocycles. The average molecular weight is 364 g/mol. The molecule has 1 N–H and O–H groups in total. The highest BCUT2D eigenvalue weighted by molar-refractivity contribution is 5.36. The summed E-state index contributed by atoms with van der Waals surface area (Å²) in [6.45, 7) is 7.58. The standard InChI is InChI=1S/C25H33NO/c1-4-23-24(26(3)18-16-20-11-7-6-8-12-20)15-10-17-25(23,5-2)21-13-9-14-22(27)19-21/h4,6-9,11-14,19,23-24,27H,1,5,10,15-18H2,2-3H3/t23-,24-,25+/m1/s1. The monoisotopic (exact) mass is 363 g/mol. The Balaban J connectivity index is 1.82. The molecule has 0 spiro atoms. The van der Waals surface area contributed by atoms with Gasteiger partial charge in [-0.1, -0.05) is 61.9 Å². The molecule has 1 saturated carbocycles. The molecule has 2 nitrogen and oxygen atoms in total. The fraction of sp³-hybridized carbons (Fsp3) is 0.440. The van der Waals surface area contributed by atoms with Crippen LogP contribution in [-0.4, -0.2) is 29.6 Å². The number of rotatable bonds is 7. The summed E-state index contributed by atoms with van der Waals surface area (Å²) < 4.78 is 0. The molecule has 0 radical (unpaired) electrons. The summed E-state index contributed by atoms with van der Waals surface area (Å²) in [6.07, 6.45) is 7.90. The largest absolute Gasteiger partial charge is 0.508 e. The number of benzene rings is 2. The minimum atomic E-state index is 0.0599. The Labute approximate surface area is 164 Å². The lowest BCUT2D eigenvalue weighted by Crippen LogP contribution is -2.51. The van der Waals surface area contributed by atoms with Gasteiger partial charge in [0, 0.05) is 23.9 Å². The van der Waals surface area contributed by atoms with Gasteiger partial charge in [0.1, 0.15) is 5.75 Å². The van der Waals surface area contributed by atoms with Crippen LogP contribution in [0.25, 0.3) is 0 Å². The van der Waals surface area contributed by atoms with Gasteiger partial charge in [0.2, 0.25) is 0 Å². The zero-order valence-corrected chi connectivity index (χ0v) is 16.8. The van der Waals surface area contributed by atoms with Crippen LogP contribution in [0.15, 0.2) is 67.3 Å². The molecular weight excluding hydrogens is 330 g/mol. The second-order valence-electron chi connectivity index (χ2n) is 8.00. The Morgan fingerprint density at radius 1 is 1.19 bits per heavy atom. The number of phenols is 1. The first-order valence-electron chi connectivity index (χ1n) is 10.3. The number of aromatic hydroxyl groups is 1. The highest BCUT2D eigenvalue weighted by Crippen LogP contribution is 2.48. The molecule has 1 aliphatic carbocycles. The van der Waals surface area contributed by atoms with Gasteiger partial charge in [-0.2, -0.15) is 0 Å². The Kier molecular flexibility index (Phi) is 6.38. The maximum atomic E-state index is 10.1. The van der Waals surface area contributed by atoms with E-state index in [1.807, 2.05) is 12.1 Å². The van der Waals surface area contributed by atoms with Crippen molar-refractivity contribution in [2.45, 2.75) is 50.5 Å². The SMILES string of the molecule is C=C[C@@H]1[C@H](N(C)CCc2ccccc2)CCC[C@@]1(CC)c1cccc(O)c1. The Morgan fingerprint density at radius 2 is 1.96 bits per heavy atom. The van der Waals surface area contributed by atoms with E-state index in [9.17, 15) is 5.11 Å². The zero-order chi connectivity index (χ0) is 19.3. The van der Waals surface area contributed by atoms with Crippen LogP contribution in [0.2, 0.25) is 0 Å². The molecule has 0 heterocycles. The van der Waals surface area contributed by atoms with E-state index in [0.29, 0.717) is 17.7 Å². The molecule has 0 unspecified atom stereocenters. The average Bonchev–Trinajstić information content (AvgIpc) is 2.72. The van der Waals surface area contributed by atoms with E-state index in [4.69, 9.17) is 0 Å². The van der Waals surface area contributed by atoms with E-state index >= 15 is 0 Å². The summed E-state index contributed by atoms with van der Waals surface area (Å²) >= 11 is 0. The number of hydrogen-bond donors (Lipinski definition) is 1. The van der Waals surface area contributed by atoms with E-state index < -0.39 is 0 Å². The number of phenolic OH excluding ortho intramolecular Hbond substituents is 1. The molecule has 0 bridgehead atoms. The van der Waals surface area contributed by atoms with Gasteiger partial charge in [-0.3, -0.25) is 0 Å². The van der Waals surface area contributed by atoms with Crippen LogP contribution >= 0.6 is 0 Å². The van der Waals surface area contributed by atoms with Gasteiger partial charge >= 0.3 is 0 Å². The highest BCUT2D eigenvalue weighted by atomic mass is 16.3. The summed E-state index contributed by atoms with van der Waals surface area (Å²) in [5, 5.41) is 10.1. The molecule has 3 atom stereocenters. The second kappa shape index (κ2) is 8.75. The Morgan fingerprint density at radius 3 is 2.63 bits per heavy atom. The molecular formula is C25H33NO. The smallest absolute Gasteiger partial charge is 0.115 e. The summed E-state index contributed by atoms with van der Waals surface area (Å²) in [6, 6.07) is 19.1. The first kappa shape index (κ1) is 19.7. The van der Waals surface area contributed by atoms with Crippen molar-refractivity contribution in [3.8, 4) is 5.75 Å². The summed E-state index contributed by atoms with van der Waals surface area (Å²) in [4.78, 5) is 2.53. The topological polar surface area (TPSA) is 23.5 Å². The van der Waals surface area contributed by atoms with Crippen molar-refractivity contribution >= 4 is 0 Å². The van der Waals surface area contributed by atoms with Crippen molar-refractivity contribution in [3.63, 3.8) is 0 Å². The van der Waals surface area contributed by atoms with Crippen LogP contribution in [-0.2, 0) is 11.8 Å². The predicted molar refractivity (Wildman–Crippen MR) is 114 cm³/mol. The third kappa shape index (κ3) is 4.11. The molecule has 0 aliphatic heterocycles. The van der Waals surface area contributed by atoms with Crippen molar-refractivity contribution < 1.29 is 5.11 Å². The Hall–Kier alpha value is -2.06. The number of hydrogen-bond acceptors (Lipinski definition) is 2. The molecule has 144 valence electrons. The fourth-order valence-corrected chi connectivity index (χ4v) is 5.10. The lowest BCUT2D eigenvalue weighted by atomic mass is 9.59. The third-order valence-electron chi connectivity index (χ3n) is 6.64. The molecule has 1 fully saturated rings. The quantitative estimate of drug-likeness (QED) is 0.650. The van der Waals surface area contributed by atoms with E-state index in [-0.39, 0.29) is 5.41 Å². The van der Waals surface area contributed by atoms with Crippen molar-refractivity contribution in [3.05, 3.63) is 78.4 Å². The van der Waals surface area contributed by atoms with Crippen molar-refractivity contribution in [1.29, 1.82) is 0 Å². The van der Waals surface area contributed by atoms with Gasteiger partial charge in [0.15, 0.2) is 0 Å². The van der Waals surface area contributed by atoms with Crippen LogP contribution < -0.4 is 0 Å². The van der Waals surface area contributed by atoms with Crippen LogP contribution in [0.1, 0.15) is 43.7 Å². The predicted octanol–water partition coefficient (Wildman–Crippen LogP) is 5.57. The van der Waals surface area contributed by atoms with E-state index in [0.717, 1.165) is 25.8 Å². The van der Waals surface area contributed by atoms with Gasteiger partial charge in [-0.15, -0.1) is 6.58 Å². The summed E-state index contributed by atoms with van der Waals surface area (Å²) in [7, 11) is 2.26. The van der Waals surface area contributed by atoms with Gasteiger partial charge in [0.25, 0.3) is 0 Å². The molecule has 0 amide bonds. The number of nitrogens with zero attached hydrogens (tertiary/aromatic N) is 1. The normalized spacial score (nSPS) is 25.4. The lowest BCUT2D eigenvalue weighted by Gasteiger charge is -2.50. The zero-order valence-electron chi connectivity index (χ0n) is 16.8. The molecule has 1 aliphatic rings. The van der Waals surface area contributed by atoms with Crippen LogP contribution in [0.3, 0.4) is 0 Å². The van der Waals surface area contributed by atoms with Crippen molar-refractivity contribution in [1.82, 2.24) is 4.90 Å². The fourth-order valence-electron chi connectivity index (χ4n) is 5.10. The van der Waals surface area contributed by atoms with Gasteiger partial charge in [-0.25, -0.2) is 0 Å². The third-order valence-corrected chi connectivity index (χ3v) is 6.64. The van der Waals surface area contributed by atoms with E-state index in [1.54, 1.807) is 6.07 Å². The first-order valence-corrected chi connectivity index (χ1v) is 10.3. The Bertz CT molecular complexity index is 741. The lowest BCUT2D eigenvalue weighted by molar-refractivity contribution is 0.0861. The number of likely N-dealkylation sites (N-methyl/N-ethyl adjacent to an activating group) is 1. The van der Waals surface area contributed by atoms with Crippen LogP contribution in [0.5, 0.6) is 5.75 Å². The first-order chi connectivity index (χ1) is 13.1. The molecule has 2 aromatic carbocycles. The molecule has 27 heavy (non-hydrogen) atoms. The van der Waals surface area contributed by atoms with E-state index in [1.165, 1.54) is 24.0 Å². The van der Waals surface area contributed by atoms with Crippen LogP contribution in [0.4, 0.5) is 0 Å². The van der Waals surface area contributed by atoms with Gasteiger partial charge in [0.05, 0.1) is 0 Å².